The second-order valence-electron chi connectivity index (χ2n) is 5.80. The minimum atomic E-state index is 0.454. The molecule has 1 N–H and O–H groups in total. The molecular weight excluding hydrogens is 282 g/mol. The summed E-state index contributed by atoms with van der Waals surface area (Å²) in [7, 11) is 0. The van der Waals surface area contributed by atoms with Gasteiger partial charge in [-0.2, -0.15) is 0 Å². The zero-order valence-corrected chi connectivity index (χ0v) is 13.9. The Morgan fingerprint density at radius 3 is 2.90 bits per heavy atom. The van der Waals surface area contributed by atoms with Gasteiger partial charge < -0.3 is 5.32 Å². The topological polar surface area (TPSA) is 12.0 Å². The van der Waals surface area contributed by atoms with Gasteiger partial charge in [-0.05, 0) is 47.0 Å². The van der Waals surface area contributed by atoms with E-state index in [2.05, 4.69) is 61.8 Å². The zero-order chi connectivity index (χ0) is 14.1. The van der Waals surface area contributed by atoms with Crippen LogP contribution in [0.3, 0.4) is 0 Å². The number of hydrogen-bond donors (Lipinski definition) is 1. The molecule has 20 heavy (non-hydrogen) atoms. The molecule has 1 aromatic heterocycles. The van der Waals surface area contributed by atoms with Gasteiger partial charge in [0, 0.05) is 10.9 Å². The monoisotopic (exact) mass is 303 g/mol. The summed E-state index contributed by atoms with van der Waals surface area (Å²) in [5.41, 5.74) is 4.13. The molecule has 0 saturated heterocycles. The summed E-state index contributed by atoms with van der Waals surface area (Å²) in [4.78, 5) is 0. The Balaban J connectivity index is 1.83. The van der Waals surface area contributed by atoms with Crippen molar-refractivity contribution in [2.24, 2.45) is 0 Å². The molecule has 1 unspecified atom stereocenters. The van der Waals surface area contributed by atoms with Gasteiger partial charge in [0.25, 0.3) is 0 Å². The van der Waals surface area contributed by atoms with Crippen molar-refractivity contribution in [2.45, 2.75) is 48.6 Å². The molecule has 106 valence electrons. The van der Waals surface area contributed by atoms with E-state index in [1.807, 2.05) is 23.1 Å². The fourth-order valence-corrected chi connectivity index (χ4v) is 5.24. The number of thiophene rings is 1. The second-order valence-corrected chi connectivity index (χ2v) is 8.43. The largest absolute Gasteiger partial charge is 0.378 e. The van der Waals surface area contributed by atoms with E-state index in [-0.39, 0.29) is 0 Å². The molecule has 0 fully saturated rings. The molecule has 0 amide bonds. The van der Waals surface area contributed by atoms with Crippen molar-refractivity contribution in [1.82, 2.24) is 0 Å². The third-order valence-electron chi connectivity index (χ3n) is 3.80. The Labute approximate surface area is 129 Å². The van der Waals surface area contributed by atoms with Crippen LogP contribution in [0, 0.1) is 0 Å². The minimum Gasteiger partial charge on any atom is -0.378 e. The molecule has 2 atom stereocenters. The number of anilines is 1. The van der Waals surface area contributed by atoms with Crippen molar-refractivity contribution in [2.75, 3.05) is 5.32 Å². The van der Waals surface area contributed by atoms with Crippen molar-refractivity contribution in [3.8, 4) is 0 Å². The highest BCUT2D eigenvalue weighted by atomic mass is 32.2. The number of hydrogen-bond acceptors (Lipinski definition) is 3. The first-order valence-corrected chi connectivity index (χ1v) is 9.00. The van der Waals surface area contributed by atoms with Gasteiger partial charge in [0.2, 0.25) is 0 Å². The van der Waals surface area contributed by atoms with Gasteiger partial charge >= 0.3 is 0 Å². The summed E-state index contributed by atoms with van der Waals surface area (Å²) < 4.78 is 1.49. The molecule has 2 heterocycles. The Bertz CT molecular complexity index is 588. The normalized spacial score (nSPS) is 21.8. The lowest BCUT2D eigenvalue weighted by Crippen LogP contribution is -2.19. The Kier molecular flexibility index (Phi) is 4.08. The fourth-order valence-electron chi connectivity index (χ4n) is 2.67. The van der Waals surface area contributed by atoms with Crippen LogP contribution in [0.4, 0.5) is 5.69 Å². The van der Waals surface area contributed by atoms with Gasteiger partial charge in [0.15, 0.2) is 0 Å². The third-order valence-corrected chi connectivity index (χ3v) is 6.15. The predicted octanol–water partition coefficient (Wildman–Crippen LogP) is 5.91. The summed E-state index contributed by atoms with van der Waals surface area (Å²) in [6, 6.07) is 11.6. The number of rotatable bonds is 3. The highest BCUT2D eigenvalue weighted by molar-refractivity contribution is 8.01. The van der Waals surface area contributed by atoms with Gasteiger partial charge in [-0.25, -0.2) is 0 Å². The molecule has 0 spiro atoms. The third kappa shape index (κ3) is 2.89. The van der Waals surface area contributed by atoms with Crippen molar-refractivity contribution < 1.29 is 0 Å². The van der Waals surface area contributed by atoms with Crippen LogP contribution < -0.4 is 5.32 Å². The molecule has 0 radical (unpaired) electrons. The summed E-state index contributed by atoms with van der Waals surface area (Å²) in [5, 5.41) is 6.65. The minimum absolute atomic E-state index is 0.454. The van der Waals surface area contributed by atoms with Crippen LogP contribution in [0.25, 0.3) is 0 Å². The quantitative estimate of drug-likeness (QED) is 0.756. The Morgan fingerprint density at radius 1 is 1.25 bits per heavy atom. The molecule has 0 aliphatic carbocycles. The first-order chi connectivity index (χ1) is 9.63. The van der Waals surface area contributed by atoms with Gasteiger partial charge in [0.05, 0.1) is 10.3 Å². The zero-order valence-electron chi connectivity index (χ0n) is 12.2. The maximum absolute atomic E-state index is 3.74. The van der Waals surface area contributed by atoms with E-state index in [0.29, 0.717) is 17.2 Å². The van der Waals surface area contributed by atoms with Crippen molar-refractivity contribution in [3.63, 3.8) is 0 Å². The van der Waals surface area contributed by atoms with Crippen LogP contribution in [-0.2, 0) is 0 Å². The number of benzene rings is 1. The van der Waals surface area contributed by atoms with E-state index in [0.717, 1.165) is 0 Å². The lowest BCUT2D eigenvalue weighted by Gasteiger charge is -2.28. The van der Waals surface area contributed by atoms with Crippen LogP contribution in [0.1, 0.15) is 50.3 Å². The van der Waals surface area contributed by atoms with Crippen molar-refractivity contribution in [3.05, 3.63) is 46.8 Å². The summed E-state index contributed by atoms with van der Waals surface area (Å²) in [6.45, 7) is 6.82. The summed E-state index contributed by atoms with van der Waals surface area (Å²) in [6.07, 6.45) is 1.19. The van der Waals surface area contributed by atoms with Crippen LogP contribution in [-0.4, -0.2) is 5.25 Å². The van der Waals surface area contributed by atoms with Gasteiger partial charge in [-0.15, -0.1) is 23.1 Å². The number of nitrogens with one attached hydrogen (secondary N) is 1. The maximum atomic E-state index is 3.74. The van der Waals surface area contributed by atoms with Gasteiger partial charge in [-0.3, -0.25) is 0 Å². The maximum Gasteiger partial charge on any atom is 0.0653 e. The molecule has 1 aromatic carbocycles. The number of fused-ring (bicyclic) bond motifs is 1. The average Bonchev–Trinajstić information content (AvgIpc) is 2.87. The number of thioether (sulfide) groups is 1. The first-order valence-electron chi connectivity index (χ1n) is 7.24. The standard InChI is InChI=1S/C17H21NS2/c1-11(2)13-5-4-6-14(10-13)18-16-9-12(3)20-17-15(16)7-8-19-17/h4-8,10-12,16,18H,9H2,1-3H3/t12-,16?/m0/s1. The molecule has 1 aliphatic heterocycles. The lowest BCUT2D eigenvalue weighted by atomic mass is 10.0. The molecule has 0 saturated carbocycles. The molecule has 3 rings (SSSR count). The van der Waals surface area contributed by atoms with Crippen molar-refractivity contribution in [1.29, 1.82) is 0 Å². The fraction of sp³-hybridized carbons (Fsp3) is 0.412. The van der Waals surface area contributed by atoms with Crippen LogP contribution >= 0.6 is 23.1 Å². The van der Waals surface area contributed by atoms with E-state index < -0.39 is 0 Å². The van der Waals surface area contributed by atoms with E-state index >= 15 is 0 Å². The SMILES string of the molecule is CC(C)c1cccc(NC2C[C@H](C)Sc3sccc32)c1. The van der Waals surface area contributed by atoms with Crippen LogP contribution in [0.5, 0.6) is 0 Å². The average molecular weight is 303 g/mol. The van der Waals surface area contributed by atoms with Gasteiger partial charge in [-0.1, -0.05) is 32.9 Å². The molecule has 0 bridgehead atoms. The molecule has 2 aromatic rings. The Hall–Kier alpha value is -0.930. The van der Waals surface area contributed by atoms with Crippen LogP contribution in [0.15, 0.2) is 39.9 Å². The second kappa shape index (κ2) is 5.82. The summed E-state index contributed by atoms with van der Waals surface area (Å²) >= 11 is 3.89. The Morgan fingerprint density at radius 2 is 2.10 bits per heavy atom. The molecule has 1 nitrogen and oxygen atoms in total. The van der Waals surface area contributed by atoms with E-state index in [4.69, 9.17) is 0 Å². The van der Waals surface area contributed by atoms with Crippen LogP contribution in [0.2, 0.25) is 0 Å². The highest BCUT2D eigenvalue weighted by Crippen LogP contribution is 2.44. The smallest absolute Gasteiger partial charge is 0.0653 e. The van der Waals surface area contributed by atoms with E-state index in [9.17, 15) is 0 Å². The lowest BCUT2D eigenvalue weighted by molar-refractivity contribution is 0.669. The molecular formula is C17H21NS2. The van der Waals surface area contributed by atoms with E-state index in [1.165, 1.54) is 27.4 Å². The molecule has 3 heteroatoms. The predicted molar refractivity (Wildman–Crippen MR) is 91.1 cm³/mol. The highest BCUT2D eigenvalue weighted by Gasteiger charge is 2.26. The van der Waals surface area contributed by atoms with Gasteiger partial charge in [0.1, 0.15) is 0 Å². The first kappa shape index (κ1) is 14.0. The summed E-state index contributed by atoms with van der Waals surface area (Å²) in [5.74, 6) is 0.578. The molecule has 1 aliphatic rings. The van der Waals surface area contributed by atoms with Crippen molar-refractivity contribution >= 4 is 28.8 Å². The van der Waals surface area contributed by atoms with E-state index in [1.54, 1.807) is 0 Å².